The van der Waals surface area contributed by atoms with Crippen LogP contribution < -0.4 is 5.32 Å². The van der Waals surface area contributed by atoms with Crippen molar-refractivity contribution in [2.45, 2.75) is 12.5 Å². The highest BCUT2D eigenvalue weighted by Gasteiger charge is 2.28. The van der Waals surface area contributed by atoms with Gasteiger partial charge in [0.05, 0.1) is 23.7 Å². The van der Waals surface area contributed by atoms with Crippen molar-refractivity contribution < 1.29 is 9.59 Å². The molecule has 0 atom stereocenters. The fourth-order valence-corrected chi connectivity index (χ4v) is 5.73. The third-order valence-electron chi connectivity index (χ3n) is 6.15. The third kappa shape index (κ3) is 5.67. The molecule has 2 aromatic heterocycles. The minimum Gasteiger partial charge on any atom is -0.340 e. The van der Waals surface area contributed by atoms with Crippen molar-refractivity contribution in [3.8, 4) is 0 Å². The van der Waals surface area contributed by atoms with E-state index in [1.807, 2.05) is 27.8 Å². The van der Waals surface area contributed by atoms with Gasteiger partial charge in [0.15, 0.2) is 5.13 Å². The lowest BCUT2D eigenvalue weighted by molar-refractivity contribution is -0.132. The first-order chi connectivity index (χ1) is 17.2. The van der Waals surface area contributed by atoms with Crippen LogP contribution in [0.4, 0.5) is 5.13 Å². The van der Waals surface area contributed by atoms with Crippen LogP contribution in [-0.4, -0.2) is 52.8 Å². The molecule has 3 heterocycles. The Morgan fingerprint density at radius 1 is 0.886 bits per heavy atom. The molecule has 1 aliphatic heterocycles. The quantitative estimate of drug-likeness (QED) is 0.389. The molecule has 0 radical (unpaired) electrons. The van der Waals surface area contributed by atoms with Crippen molar-refractivity contribution in [2.24, 2.45) is 0 Å². The zero-order valence-corrected chi connectivity index (χ0v) is 20.8. The summed E-state index contributed by atoms with van der Waals surface area (Å²) in [7, 11) is 0. The van der Waals surface area contributed by atoms with Crippen LogP contribution in [0.3, 0.4) is 0 Å². The third-order valence-corrected chi connectivity index (χ3v) is 7.64. The number of carbonyl (C=O) groups is 2. The first-order valence-corrected chi connectivity index (χ1v) is 13.4. The van der Waals surface area contributed by atoms with Gasteiger partial charge in [-0.1, -0.05) is 60.7 Å². The average Bonchev–Trinajstić information content (AvgIpc) is 3.59. The van der Waals surface area contributed by atoms with E-state index in [1.54, 1.807) is 11.4 Å². The number of anilines is 1. The first kappa shape index (κ1) is 23.4. The molecule has 0 aliphatic carbocycles. The number of nitrogens with one attached hydrogen (secondary N) is 1. The summed E-state index contributed by atoms with van der Waals surface area (Å²) in [6.45, 7) is 2.97. The van der Waals surface area contributed by atoms with E-state index < -0.39 is 0 Å². The molecule has 178 valence electrons. The van der Waals surface area contributed by atoms with Crippen LogP contribution in [0.2, 0.25) is 0 Å². The van der Waals surface area contributed by atoms with Gasteiger partial charge < -0.3 is 4.90 Å². The fourth-order valence-electron chi connectivity index (χ4n) is 4.39. The standard InChI is InChI=1S/C27H26N4O2S2/c32-24(17-23-19-35-27(28-23)29-26(33)22-11-16-34-18-22)30-12-14-31(15-13-30)25(20-7-3-1-4-8-20)21-9-5-2-6-10-21/h1-11,16,18-19,25H,12-15,17H2,(H,28,29,33). The molecule has 0 saturated carbocycles. The van der Waals surface area contributed by atoms with Crippen molar-refractivity contribution in [3.63, 3.8) is 0 Å². The molecule has 2 amide bonds. The van der Waals surface area contributed by atoms with E-state index in [-0.39, 0.29) is 24.3 Å². The molecule has 0 unspecified atom stereocenters. The first-order valence-electron chi connectivity index (χ1n) is 11.6. The summed E-state index contributed by atoms with van der Waals surface area (Å²) in [6, 6.07) is 23.0. The van der Waals surface area contributed by atoms with Gasteiger partial charge in [-0.3, -0.25) is 19.8 Å². The Hall–Kier alpha value is -3.33. The van der Waals surface area contributed by atoms with E-state index in [0.29, 0.717) is 29.5 Å². The highest BCUT2D eigenvalue weighted by molar-refractivity contribution is 7.14. The average molecular weight is 503 g/mol. The van der Waals surface area contributed by atoms with Crippen LogP contribution in [-0.2, 0) is 11.2 Å². The molecule has 8 heteroatoms. The van der Waals surface area contributed by atoms with Crippen LogP contribution in [0.1, 0.15) is 33.2 Å². The molecule has 0 bridgehead atoms. The van der Waals surface area contributed by atoms with Crippen molar-refractivity contribution in [1.29, 1.82) is 0 Å². The number of hydrogen-bond donors (Lipinski definition) is 1. The summed E-state index contributed by atoms with van der Waals surface area (Å²) >= 11 is 2.82. The van der Waals surface area contributed by atoms with Gasteiger partial charge in [-0.25, -0.2) is 4.98 Å². The lowest BCUT2D eigenvalue weighted by Gasteiger charge is -2.39. The molecule has 1 aliphatic rings. The molecule has 5 rings (SSSR count). The zero-order chi connectivity index (χ0) is 24.0. The van der Waals surface area contributed by atoms with E-state index in [2.05, 4.69) is 63.7 Å². The van der Waals surface area contributed by atoms with Crippen LogP contribution in [0.5, 0.6) is 0 Å². The van der Waals surface area contributed by atoms with Crippen molar-refractivity contribution in [2.75, 3.05) is 31.5 Å². The summed E-state index contributed by atoms with van der Waals surface area (Å²) < 4.78 is 0. The number of amides is 2. The lowest BCUT2D eigenvalue weighted by Crippen LogP contribution is -2.50. The zero-order valence-electron chi connectivity index (χ0n) is 19.2. The van der Waals surface area contributed by atoms with Crippen LogP contribution >= 0.6 is 22.7 Å². The van der Waals surface area contributed by atoms with Gasteiger partial charge in [-0.15, -0.1) is 11.3 Å². The lowest BCUT2D eigenvalue weighted by atomic mass is 9.96. The number of hydrogen-bond acceptors (Lipinski definition) is 6. The van der Waals surface area contributed by atoms with Crippen molar-refractivity contribution >= 4 is 39.6 Å². The molecule has 6 nitrogen and oxygen atoms in total. The maximum atomic E-state index is 13.0. The summed E-state index contributed by atoms with van der Waals surface area (Å²) in [6.07, 6.45) is 0.242. The van der Waals surface area contributed by atoms with Crippen molar-refractivity contribution in [3.05, 3.63) is 105 Å². The molecule has 1 N–H and O–H groups in total. The highest BCUT2D eigenvalue weighted by atomic mass is 32.1. The minimum absolute atomic E-state index is 0.0710. The van der Waals surface area contributed by atoms with Crippen molar-refractivity contribution in [1.82, 2.24) is 14.8 Å². The normalized spacial score (nSPS) is 14.3. The summed E-state index contributed by atoms with van der Waals surface area (Å²) in [5.74, 6) is -0.109. The van der Waals surface area contributed by atoms with Crippen LogP contribution in [0.25, 0.3) is 0 Å². The Labute approximate surface area is 212 Å². The summed E-state index contributed by atoms with van der Waals surface area (Å²) in [5.41, 5.74) is 3.83. The Morgan fingerprint density at radius 3 is 2.14 bits per heavy atom. The van der Waals surface area contributed by atoms with Gasteiger partial charge in [0.25, 0.3) is 5.91 Å². The molecule has 2 aromatic carbocycles. The van der Waals surface area contributed by atoms with Gasteiger partial charge in [0.2, 0.25) is 5.91 Å². The molecule has 0 spiro atoms. The number of nitrogens with zero attached hydrogens (tertiary/aromatic N) is 3. The van der Waals surface area contributed by atoms with Crippen LogP contribution in [0, 0.1) is 0 Å². The van der Waals surface area contributed by atoms with Gasteiger partial charge in [-0.2, -0.15) is 11.3 Å². The summed E-state index contributed by atoms with van der Waals surface area (Å²) in [5, 5.41) is 8.83. The molecule has 1 fully saturated rings. The number of aromatic nitrogens is 1. The van der Waals surface area contributed by atoms with E-state index in [1.165, 1.54) is 33.8 Å². The minimum atomic E-state index is -0.180. The van der Waals surface area contributed by atoms with Gasteiger partial charge >= 0.3 is 0 Å². The van der Waals surface area contributed by atoms with E-state index in [9.17, 15) is 9.59 Å². The monoisotopic (exact) mass is 502 g/mol. The van der Waals surface area contributed by atoms with Crippen LogP contribution in [0.15, 0.2) is 82.9 Å². The number of thiophene rings is 1. The molecule has 1 saturated heterocycles. The fraction of sp³-hybridized carbons (Fsp3) is 0.222. The maximum absolute atomic E-state index is 13.0. The Kier molecular flexibility index (Phi) is 7.32. The second kappa shape index (κ2) is 10.9. The Morgan fingerprint density at radius 2 is 1.54 bits per heavy atom. The van der Waals surface area contributed by atoms with Gasteiger partial charge in [0, 0.05) is 36.9 Å². The Bertz CT molecular complexity index is 1210. The number of piperazine rings is 1. The number of carbonyl (C=O) groups excluding carboxylic acids is 2. The molecular formula is C27H26N4O2S2. The summed E-state index contributed by atoms with van der Waals surface area (Å²) in [4.78, 5) is 34.0. The molecule has 4 aromatic rings. The van der Waals surface area contributed by atoms with E-state index in [4.69, 9.17) is 0 Å². The predicted molar refractivity (Wildman–Crippen MR) is 141 cm³/mol. The number of benzene rings is 2. The molecule has 35 heavy (non-hydrogen) atoms. The van der Waals surface area contributed by atoms with E-state index >= 15 is 0 Å². The van der Waals surface area contributed by atoms with Gasteiger partial charge in [-0.05, 0) is 22.6 Å². The highest BCUT2D eigenvalue weighted by Crippen LogP contribution is 2.29. The second-order valence-electron chi connectivity index (χ2n) is 8.43. The predicted octanol–water partition coefficient (Wildman–Crippen LogP) is 4.93. The van der Waals surface area contributed by atoms with Gasteiger partial charge in [0.1, 0.15) is 0 Å². The maximum Gasteiger partial charge on any atom is 0.258 e. The number of thiazole rings is 1. The topological polar surface area (TPSA) is 65.5 Å². The Balaban J connectivity index is 1.19. The second-order valence-corrected chi connectivity index (χ2v) is 10.1. The molecular weight excluding hydrogens is 476 g/mol. The smallest absolute Gasteiger partial charge is 0.258 e. The largest absolute Gasteiger partial charge is 0.340 e. The number of rotatable bonds is 7. The van der Waals surface area contributed by atoms with E-state index in [0.717, 1.165) is 13.1 Å². The SMILES string of the molecule is O=C(Nc1nc(CC(=O)N2CCN(C(c3ccccc3)c3ccccc3)CC2)cs1)c1ccsc1.